The van der Waals surface area contributed by atoms with Crippen molar-refractivity contribution in [3.63, 3.8) is 0 Å². The molecule has 6 nitrogen and oxygen atoms in total. The Morgan fingerprint density at radius 1 is 1.26 bits per heavy atom. The summed E-state index contributed by atoms with van der Waals surface area (Å²) in [5, 5.41) is 11.1. The van der Waals surface area contributed by atoms with Crippen molar-refractivity contribution in [2.75, 3.05) is 6.54 Å². The highest BCUT2D eigenvalue weighted by molar-refractivity contribution is 14.0. The maximum Gasteiger partial charge on any atom is 0.191 e. The van der Waals surface area contributed by atoms with Gasteiger partial charge in [-0.3, -0.25) is 0 Å². The second-order valence-electron chi connectivity index (χ2n) is 7.27. The Morgan fingerprint density at radius 3 is 2.74 bits per heavy atom. The topological polar surface area (TPSA) is 75.6 Å². The van der Waals surface area contributed by atoms with Crippen LogP contribution in [0.2, 0.25) is 0 Å². The van der Waals surface area contributed by atoms with Crippen molar-refractivity contribution in [1.29, 1.82) is 0 Å². The monoisotopic (exact) mass is 486 g/mol. The number of halogens is 1. The normalized spacial score (nSPS) is 15.6. The Kier molecular flexibility index (Phi) is 9.17. The van der Waals surface area contributed by atoms with Gasteiger partial charge in [0.15, 0.2) is 11.7 Å². The molecule has 2 N–H and O–H groups in total. The molecule has 2 aromatic heterocycles. The van der Waals surface area contributed by atoms with E-state index in [1.54, 1.807) is 6.26 Å². The van der Waals surface area contributed by atoms with Gasteiger partial charge in [0.05, 0.1) is 12.0 Å². The molecule has 3 rings (SSSR count). The second-order valence-corrected chi connectivity index (χ2v) is 7.27. The van der Waals surface area contributed by atoms with Gasteiger partial charge in [-0.2, -0.15) is 0 Å². The first-order valence-corrected chi connectivity index (χ1v) is 9.73. The molecule has 0 aromatic carbocycles. The fraction of sp³-hybridized carbons (Fsp3) is 0.600. The molecule has 0 spiro atoms. The molecule has 0 aliphatic heterocycles. The standard InChI is InChI=1S/C20H30N4O2.HI/c1-15(2)19-13-18(26-24-19)14-22-20(23-16-7-4-3-5-8-16)21-11-10-17-9-6-12-25-17;/h6,9,12-13,15-16H,3-5,7-8,10-11,14H2,1-2H3,(H2,21,22,23);1H. The summed E-state index contributed by atoms with van der Waals surface area (Å²) in [4.78, 5) is 4.71. The Labute approximate surface area is 178 Å². The van der Waals surface area contributed by atoms with E-state index in [2.05, 4.69) is 29.6 Å². The summed E-state index contributed by atoms with van der Waals surface area (Å²) in [6.45, 7) is 5.48. The number of hydrogen-bond donors (Lipinski definition) is 2. The Morgan fingerprint density at radius 2 is 2.07 bits per heavy atom. The molecular formula is C20H31IN4O2. The van der Waals surface area contributed by atoms with Gasteiger partial charge in [-0.15, -0.1) is 24.0 Å². The van der Waals surface area contributed by atoms with Crippen molar-refractivity contribution in [3.8, 4) is 0 Å². The molecule has 0 amide bonds. The van der Waals surface area contributed by atoms with E-state index in [-0.39, 0.29) is 24.0 Å². The number of aliphatic imine (C=N–C) groups is 1. The van der Waals surface area contributed by atoms with E-state index in [4.69, 9.17) is 13.9 Å². The summed E-state index contributed by atoms with van der Waals surface area (Å²) in [5.74, 6) is 2.98. The highest BCUT2D eigenvalue weighted by Crippen LogP contribution is 2.17. The Balaban J connectivity index is 0.00000261. The van der Waals surface area contributed by atoms with Gasteiger partial charge in [0.2, 0.25) is 0 Å². The third-order valence-electron chi connectivity index (χ3n) is 4.75. The summed E-state index contributed by atoms with van der Waals surface area (Å²) >= 11 is 0. The van der Waals surface area contributed by atoms with Crippen LogP contribution in [0.3, 0.4) is 0 Å². The molecule has 1 aliphatic carbocycles. The van der Waals surface area contributed by atoms with Crippen LogP contribution in [0, 0.1) is 0 Å². The molecule has 1 fully saturated rings. The first kappa shape index (κ1) is 21.8. The summed E-state index contributed by atoms with van der Waals surface area (Å²) in [6.07, 6.45) is 8.87. The van der Waals surface area contributed by atoms with E-state index in [0.717, 1.165) is 36.1 Å². The number of furan rings is 1. The van der Waals surface area contributed by atoms with Crippen molar-refractivity contribution in [2.24, 2.45) is 4.99 Å². The predicted octanol–water partition coefficient (Wildman–Crippen LogP) is 4.62. The van der Waals surface area contributed by atoms with Crippen molar-refractivity contribution >= 4 is 29.9 Å². The summed E-state index contributed by atoms with van der Waals surface area (Å²) in [6, 6.07) is 6.41. The third kappa shape index (κ3) is 7.20. The Bertz CT molecular complexity index is 676. The fourth-order valence-corrected chi connectivity index (χ4v) is 3.18. The van der Waals surface area contributed by atoms with Crippen LogP contribution < -0.4 is 10.6 Å². The van der Waals surface area contributed by atoms with Crippen LogP contribution in [0.4, 0.5) is 0 Å². The summed E-state index contributed by atoms with van der Waals surface area (Å²) in [7, 11) is 0. The maximum atomic E-state index is 5.40. The van der Waals surface area contributed by atoms with Crippen LogP contribution in [-0.4, -0.2) is 23.7 Å². The highest BCUT2D eigenvalue weighted by atomic mass is 127. The molecular weight excluding hydrogens is 455 g/mol. The van der Waals surface area contributed by atoms with Crippen LogP contribution in [0.1, 0.15) is 69.1 Å². The molecule has 0 atom stereocenters. The average molecular weight is 486 g/mol. The van der Waals surface area contributed by atoms with Crippen molar-refractivity contribution < 1.29 is 8.94 Å². The van der Waals surface area contributed by atoms with Gasteiger partial charge in [-0.05, 0) is 30.9 Å². The summed E-state index contributed by atoms with van der Waals surface area (Å²) in [5.41, 5.74) is 0.975. The molecule has 150 valence electrons. The first-order chi connectivity index (χ1) is 12.7. The minimum Gasteiger partial charge on any atom is -0.469 e. The van der Waals surface area contributed by atoms with Crippen molar-refractivity contribution in [1.82, 2.24) is 15.8 Å². The van der Waals surface area contributed by atoms with Gasteiger partial charge in [0.25, 0.3) is 0 Å². The molecule has 1 saturated carbocycles. The zero-order valence-electron chi connectivity index (χ0n) is 16.2. The zero-order valence-corrected chi connectivity index (χ0v) is 18.6. The van der Waals surface area contributed by atoms with Gasteiger partial charge in [0, 0.05) is 25.1 Å². The Hall–Kier alpha value is -1.51. The van der Waals surface area contributed by atoms with Gasteiger partial charge in [0.1, 0.15) is 12.3 Å². The molecule has 0 radical (unpaired) electrons. The quantitative estimate of drug-likeness (QED) is 0.340. The van der Waals surface area contributed by atoms with Gasteiger partial charge >= 0.3 is 0 Å². The zero-order chi connectivity index (χ0) is 18.2. The van der Waals surface area contributed by atoms with E-state index >= 15 is 0 Å². The van der Waals surface area contributed by atoms with E-state index in [9.17, 15) is 0 Å². The van der Waals surface area contributed by atoms with Crippen LogP contribution >= 0.6 is 24.0 Å². The van der Waals surface area contributed by atoms with Crippen LogP contribution in [0.5, 0.6) is 0 Å². The maximum absolute atomic E-state index is 5.40. The number of hydrogen-bond acceptors (Lipinski definition) is 4. The van der Waals surface area contributed by atoms with Crippen molar-refractivity contribution in [3.05, 3.63) is 41.7 Å². The predicted molar refractivity (Wildman–Crippen MR) is 118 cm³/mol. The lowest BCUT2D eigenvalue weighted by molar-refractivity contribution is 0.375. The summed E-state index contributed by atoms with van der Waals surface area (Å²) < 4.78 is 10.8. The van der Waals surface area contributed by atoms with Gasteiger partial charge in [-0.25, -0.2) is 4.99 Å². The molecule has 0 bridgehead atoms. The third-order valence-corrected chi connectivity index (χ3v) is 4.75. The molecule has 2 heterocycles. The lowest BCUT2D eigenvalue weighted by Gasteiger charge is -2.25. The average Bonchev–Trinajstić information content (AvgIpc) is 3.32. The largest absolute Gasteiger partial charge is 0.469 e. The number of guanidine groups is 1. The minimum atomic E-state index is 0. The highest BCUT2D eigenvalue weighted by Gasteiger charge is 2.15. The molecule has 27 heavy (non-hydrogen) atoms. The molecule has 0 unspecified atom stereocenters. The first-order valence-electron chi connectivity index (χ1n) is 9.73. The van der Waals surface area contributed by atoms with E-state index in [1.807, 2.05) is 18.2 Å². The smallest absolute Gasteiger partial charge is 0.191 e. The van der Waals surface area contributed by atoms with Gasteiger partial charge in [-0.1, -0.05) is 38.3 Å². The van der Waals surface area contributed by atoms with E-state index < -0.39 is 0 Å². The molecule has 7 heteroatoms. The van der Waals surface area contributed by atoms with E-state index in [0.29, 0.717) is 18.5 Å². The lowest BCUT2D eigenvalue weighted by atomic mass is 9.96. The van der Waals surface area contributed by atoms with E-state index in [1.165, 1.54) is 32.1 Å². The number of rotatable bonds is 7. The lowest BCUT2D eigenvalue weighted by Crippen LogP contribution is -2.44. The molecule has 1 aliphatic rings. The number of nitrogens with zero attached hydrogens (tertiary/aromatic N) is 2. The number of nitrogens with one attached hydrogen (secondary N) is 2. The SMILES string of the molecule is CC(C)c1cc(CN=C(NCCc2ccco2)NC2CCCCC2)on1.I. The fourth-order valence-electron chi connectivity index (χ4n) is 3.18. The van der Waals surface area contributed by atoms with Crippen LogP contribution in [-0.2, 0) is 13.0 Å². The van der Waals surface area contributed by atoms with Crippen molar-refractivity contribution in [2.45, 2.75) is 70.9 Å². The second kappa shape index (κ2) is 11.4. The molecule has 2 aromatic rings. The van der Waals surface area contributed by atoms with Crippen LogP contribution in [0.15, 0.2) is 38.4 Å². The minimum absolute atomic E-state index is 0. The molecule has 0 saturated heterocycles. The van der Waals surface area contributed by atoms with Gasteiger partial charge < -0.3 is 19.6 Å². The number of aromatic nitrogens is 1. The van der Waals surface area contributed by atoms with Crippen LogP contribution in [0.25, 0.3) is 0 Å².